The van der Waals surface area contributed by atoms with Crippen LogP contribution >= 0.6 is 0 Å². The van der Waals surface area contributed by atoms with Crippen LogP contribution in [0.5, 0.6) is 0 Å². The first-order chi connectivity index (χ1) is 10.8. The third-order valence-electron chi connectivity index (χ3n) is 3.78. The molecule has 0 fully saturated rings. The molecule has 0 heterocycles. The summed E-state index contributed by atoms with van der Waals surface area (Å²) in [4.78, 5) is 0. The molecule has 0 spiro atoms. The van der Waals surface area contributed by atoms with Crippen molar-refractivity contribution in [2.45, 2.75) is 40.2 Å². The highest BCUT2D eigenvalue weighted by atomic mass is 32.2. The van der Waals surface area contributed by atoms with Gasteiger partial charge in [-0.15, -0.1) is 0 Å². The van der Waals surface area contributed by atoms with Gasteiger partial charge in [-0.25, -0.2) is 13.1 Å². The SMILES string of the molecule is Cc1c(CC(C)C)cccc1C(C)NS(=O)(=O)CCNCCO. The molecule has 132 valence electrons. The molecule has 0 aliphatic carbocycles. The molecule has 0 amide bonds. The largest absolute Gasteiger partial charge is 0.395 e. The van der Waals surface area contributed by atoms with Crippen LogP contribution in [0.2, 0.25) is 0 Å². The third kappa shape index (κ3) is 6.99. The van der Waals surface area contributed by atoms with Crippen LogP contribution in [0.4, 0.5) is 0 Å². The summed E-state index contributed by atoms with van der Waals surface area (Å²) in [5.74, 6) is 0.566. The van der Waals surface area contributed by atoms with Crippen LogP contribution in [-0.4, -0.2) is 39.0 Å². The molecule has 3 N–H and O–H groups in total. The van der Waals surface area contributed by atoms with Gasteiger partial charge in [-0.2, -0.15) is 0 Å². The summed E-state index contributed by atoms with van der Waals surface area (Å²) in [5, 5.41) is 11.6. The molecule has 23 heavy (non-hydrogen) atoms. The van der Waals surface area contributed by atoms with Gasteiger partial charge < -0.3 is 10.4 Å². The lowest BCUT2D eigenvalue weighted by Gasteiger charge is -2.19. The van der Waals surface area contributed by atoms with Crippen molar-refractivity contribution < 1.29 is 13.5 Å². The minimum atomic E-state index is -3.36. The fourth-order valence-electron chi connectivity index (χ4n) is 2.64. The van der Waals surface area contributed by atoms with E-state index in [0.717, 1.165) is 17.5 Å². The molecular formula is C17H30N2O3S. The van der Waals surface area contributed by atoms with E-state index in [0.29, 0.717) is 19.0 Å². The number of rotatable bonds is 10. The van der Waals surface area contributed by atoms with Crippen LogP contribution in [0.1, 0.15) is 43.5 Å². The Morgan fingerprint density at radius 3 is 2.48 bits per heavy atom. The van der Waals surface area contributed by atoms with E-state index >= 15 is 0 Å². The first-order valence-corrected chi connectivity index (χ1v) is 9.82. The number of aliphatic hydroxyl groups is 1. The molecule has 1 rings (SSSR count). The molecule has 0 saturated carbocycles. The first-order valence-electron chi connectivity index (χ1n) is 8.16. The Labute approximate surface area is 140 Å². The predicted molar refractivity (Wildman–Crippen MR) is 95.0 cm³/mol. The van der Waals surface area contributed by atoms with Gasteiger partial charge in [0.2, 0.25) is 10.0 Å². The monoisotopic (exact) mass is 342 g/mol. The van der Waals surface area contributed by atoms with Gasteiger partial charge in [0.15, 0.2) is 0 Å². The third-order valence-corrected chi connectivity index (χ3v) is 5.23. The fraction of sp³-hybridized carbons (Fsp3) is 0.647. The maximum Gasteiger partial charge on any atom is 0.213 e. The number of aliphatic hydroxyl groups excluding tert-OH is 1. The van der Waals surface area contributed by atoms with Crippen molar-refractivity contribution in [2.75, 3.05) is 25.4 Å². The minimum absolute atomic E-state index is 0.00206. The number of benzene rings is 1. The molecule has 0 aromatic heterocycles. The average molecular weight is 343 g/mol. The van der Waals surface area contributed by atoms with Gasteiger partial charge in [0.25, 0.3) is 0 Å². The standard InChI is InChI=1S/C17H30N2O3S/c1-13(2)12-16-6-5-7-17(14(16)3)15(4)19-23(21,22)11-9-18-8-10-20/h5-7,13,15,18-20H,8-12H2,1-4H3. The minimum Gasteiger partial charge on any atom is -0.395 e. The topological polar surface area (TPSA) is 78.4 Å². The predicted octanol–water partition coefficient (Wildman–Crippen LogP) is 1.76. The van der Waals surface area contributed by atoms with E-state index in [9.17, 15) is 8.42 Å². The van der Waals surface area contributed by atoms with E-state index in [2.05, 4.69) is 36.9 Å². The molecular weight excluding hydrogens is 312 g/mol. The van der Waals surface area contributed by atoms with Crippen molar-refractivity contribution in [3.8, 4) is 0 Å². The second-order valence-corrected chi connectivity index (χ2v) is 8.23. The maximum absolute atomic E-state index is 12.1. The van der Waals surface area contributed by atoms with Crippen molar-refractivity contribution in [2.24, 2.45) is 5.92 Å². The summed E-state index contributed by atoms with van der Waals surface area (Å²) < 4.78 is 27.0. The Bertz CT molecular complexity index is 586. The normalized spacial score (nSPS) is 13.5. The van der Waals surface area contributed by atoms with Gasteiger partial charge in [-0.05, 0) is 42.9 Å². The van der Waals surface area contributed by atoms with E-state index in [4.69, 9.17) is 5.11 Å². The van der Waals surface area contributed by atoms with Gasteiger partial charge in [-0.1, -0.05) is 32.0 Å². The molecule has 0 aliphatic rings. The summed E-state index contributed by atoms with van der Waals surface area (Å²) in [6.07, 6.45) is 0.990. The molecule has 1 aromatic rings. The van der Waals surface area contributed by atoms with Crippen LogP contribution in [0.15, 0.2) is 18.2 Å². The Morgan fingerprint density at radius 1 is 1.17 bits per heavy atom. The summed E-state index contributed by atoms with van der Waals surface area (Å²) >= 11 is 0. The second-order valence-electron chi connectivity index (χ2n) is 6.36. The Balaban J connectivity index is 2.75. The Morgan fingerprint density at radius 2 is 1.87 bits per heavy atom. The molecule has 0 bridgehead atoms. The van der Waals surface area contributed by atoms with E-state index in [1.807, 2.05) is 19.1 Å². The molecule has 0 radical (unpaired) electrons. The molecule has 1 unspecified atom stereocenters. The molecule has 1 atom stereocenters. The second kappa shape index (κ2) is 9.37. The lowest BCUT2D eigenvalue weighted by Crippen LogP contribution is -2.34. The highest BCUT2D eigenvalue weighted by Crippen LogP contribution is 2.23. The van der Waals surface area contributed by atoms with E-state index in [1.54, 1.807) is 0 Å². The zero-order valence-electron chi connectivity index (χ0n) is 14.6. The van der Waals surface area contributed by atoms with E-state index in [-0.39, 0.29) is 18.4 Å². The quantitative estimate of drug-likeness (QED) is 0.566. The lowest BCUT2D eigenvalue weighted by molar-refractivity contribution is 0.293. The average Bonchev–Trinajstić information content (AvgIpc) is 2.45. The van der Waals surface area contributed by atoms with Gasteiger partial charge in [-0.3, -0.25) is 0 Å². The number of sulfonamides is 1. The van der Waals surface area contributed by atoms with Crippen molar-refractivity contribution >= 4 is 10.0 Å². The van der Waals surface area contributed by atoms with Gasteiger partial charge in [0.05, 0.1) is 12.4 Å². The number of nitrogens with one attached hydrogen (secondary N) is 2. The van der Waals surface area contributed by atoms with Gasteiger partial charge >= 0.3 is 0 Å². The highest BCUT2D eigenvalue weighted by Gasteiger charge is 2.18. The van der Waals surface area contributed by atoms with E-state index in [1.165, 1.54) is 5.56 Å². The van der Waals surface area contributed by atoms with Crippen molar-refractivity contribution in [3.05, 3.63) is 34.9 Å². The van der Waals surface area contributed by atoms with Crippen LogP contribution < -0.4 is 10.0 Å². The summed E-state index contributed by atoms with van der Waals surface area (Å²) in [5.41, 5.74) is 3.46. The zero-order valence-corrected chi connectivity index (χ0v) is 15.4. The lowest BCUT2D eigenvalue weighted by atomic mass is 9.93. The Hall–Kier alpha value is -0.950. The van der Waals surface area contributed by atoms with E-state index < -0.39 is 10.0 Å². The Kier molecular flexibility index (Phi) is 8.19. The fourth-order valence-corrected chi connectivity index (χ4v) is 3.83. The summed E-state index contributed by atoms with van der Waals surface area (Å²) in [7, 11) is -3.36. The first kappa shape index (κ1) is 20.1. The van der Waals surface area contributed by atoms with Crippen molar-refractivity contribution in [1.82, 2.24) is 10.0 Å². The van der Waals surface area contributed by atoms with Gasteiger partial charge in [0, 0.05) is 19.1 Å². The summed E-state index contributed by atoms with van der Waals surface area (Å²) in [6, 6.07) is 5.83. The van der Waals surface area contributed by atoms with Crippen molar-refractivity contribution in [1.29, 1.82) is 0 Å². The van der Waals surface area contributed by atoms with Crippen LogP contribution in [0.3, 0.4) is 0 Å². The van der Waals surface area contributed by atoms with Crippen LogP contribution in [-0.2, 0) is 16.4 Å². The molecule has 5 nitrogen and oxygen atoms in total. The molecule has 1 aromatic carbocycles. The smallest absolute Gasteiger partial charge is 0.213 e. The van der Waals surface area contributed by atoms with Crippen LogP contribution in [0, 0.1) is 12.8 Å². The number of hydrogen-bond donors (Lipinski definition) is 3. The zero-order chi connectivity index (χ0) is 17.5. The molecule has 0 saturated heterocycles. The number of hydrogen-bond acceptors (Lipinski definition) is 4. The maximum atomic E-state index is 12.1. The summed E-state index contributed by atoms with van der Waals surface area (Å²) in [6.45, 7) is 9.03. The molecule has 6 heteroatoms. The highest BCUT2D eigenvalue weighted by molar-refractivity contribution is 7.89. The van der Waals surface area contributed by atoms with Crippen LogP contribution in [0.25, 0.3) is 0 Å². The van der Waals surface area contributed by atoms with Crippen molar-refractivity contribution in [3.63, 3.8) is 0 Å². The van der Waals surface area contributed by atoms with Gasteiger partial charge in [0.1, 0.15) is 0 Å². The molecule has 0 aliphatic heterocycles.